The van der Waals surface area contributed by atoms with Gasteiger partial charge in [0, 0.05) is 25.5 Å². The third-order valence-electron chi connectivity index (χ3n) is 7.15. The van der Waals surface area contributed by atoms with Crippen LogP contribution in [0.25, 0.3) is 0 Å². The minimum Gasteiger partial charge on any atom is -0.488 e. The van der Waals surface area contributed by atoms with Gasteiger partial charge in [0.2, 0.25) is 10.0 Å². The molecule has 0 aliphatic carbocycles. The Balaban J connectivity index is 1.72. The molecule has 228 valence electrons. The smallest absolute Gasteiger partial charge is 0.416 e. The van der Waals surface area contributed by atoms with Crippen molar-refractivity contribution in [2.45, 2.75) is 82.6 Å². The van der Waals surface area contributed by atoms with Crippen molar-refractivity contribution in [2.75, 3.05) is 13.2 Å². The molecule has 10 nitrogen and oxygen atoms in total. The van der Waals surface area contributed by atoms with Crippen molar-refractivity contribution >= 4 is 16.0 Å². The number of hydrogen-bond donors (Lipinski definition) is 0. The molecule has 0 amide bonds. The van der Waals surface area contributed by atoms with Crippen LogP contribution >= 0.6 is 0 Å². The molecule has 0 radical (unpaired) electrons. The molecule has 14 heteroatoms. The number of aryl methyl sites for hydroxylation is 2. The summed E-state index contributed by atoms with van der Waals surface area (Å²) in [6.07, 6.45) is 0.196. The summed E-state index contributed by atoms with van der Waals surface area (Å²) in [6, 6.07) is 5.07. The predicted octanol–water partition coefficient (Wildman–Crippen LogP) is 4.74. The van der Waals surface area contributed by atoms with E-state index >= 15 is 0 Å². The number of sulfonamides is 1. The molecule has 0 N–H and O–H groups in total. The van der Waals surface area contributed by atoms with E-state index in [1.165, 1.54) is 24.4 Å². The van der Waals surface area contributed by atoms with Gasteiger partial charge in [0.15, 0.2) is 0 Å². The quantitative estimate of drug-likeness (QED) is 0.286. The number of hydrogen-bond acceptors (Lipinski definition) is 8. The molecular formula is C28H34F3N5O5S. The summed E-state index contributed by atoms with van der Waals surface area (Å²) >= 11 is 0. The Labute approximate surface area is 242 Å². The lowest BCUT2D eigenvalue weighted by molar-refractivity contribution is -0.143. The second-order valence-electron chi connectivity index (χ2n) is 9.99. The zero-order valence-electron chi connectivity index (χ0n) is 23.7. The number of alkyl halides is 3. The number of fused-ring (bicyclic) bond motifs is 1. The summed E-state index contributed by atoms with van der Waals surface area (Å²) < 4.78 is 83.6. The van der Waals surface area contributed by atoms with Gasteiger partial charge in [0.1, 0.15) is 16.7 Å². The Morgan fingerprint density at radius 1 is 1.21 bits per heavy atom. The third-order valence-corrected chi connectivity index (χ3v) is 8.97. The van der Waals surface area contributed by atoms with Gasteiger partial charge in [-0.3, -0.25) is 14.5 Å². The topological polar surface area (TPSA) is 117 Å². The number of rotatable bonds is 11. The molecule has 1 aliphatic heterocycles. The maximum Gasteiger partial charge on any atom is 0.416 e. The number of pyridine rings is 1. The van der Waals surface area contributed by atoms with Gasteiger partial charge >= 0.3 is 12.1 Å². The molecule has 3 heterocycles. The molecule has 0 bridgehead atoms. The minimum absolute atomic E-state index is 0.0621. The van der Waals surface area contributed by atoms with Gasteiger partial charge in [-0.25, -0.2) is 8.42 Å². The highest BCUT2D eigenvalue weighted by Gasteiger charge is 2.38. The van der Waals surface area contributed by atoms with E-state index in [1.54, 1.807) is 17.8 Å². The van der Waals surface area contributed by atoms with Crippen molar-refractivity contribution in [3.05, 3.63) is 65.2 Å². The Bertz CT molecular complexity index is 1500. The number of ether oxygens (including phenoxy) is 2. The molecule has 3 aromatic rings. The van der Waals surface area contributed by atoms with Crippen molar-refractivity contribution in [3.8, 4) is 5.75 Å². The lowest BCUT2D eigenvalue weighted by Gasteiger charge is -2.25. The van der Waals surface area contributed by atoms with Gasteiger partial charge in [0.05, 0.1) is 37.0 Å². The van der Waals surface area contributed by atoms with Crippen LogP contribution in [0.2, 0.25) is 0 Å². The number of carbonyl (C=O) groups excluding carboxylic acids is 1. The number of aromatic nitrogens is 4. The fourth-order valence-electron chi connectivity index (χ4n) is 4.90. The fraction of sp³-hybridized carbons (Fsp3) is 0.500. The van der Waals surface area contributed by atoms with Crippen LogP contribution in [0.5, 0.6) is 5.75 Å². The Morgan fingerprint density at radius 3 is 2.67 bits per heavy atom. The van der Waals surface area contributed by atoms with Gasteiger partial charge in [-0.05, 0) is 62.3 Å². The van der Waals surface area contributed by atoms with Crippen molar-refractivity contribution < 1.29 is 35.9 Å². The minimum atomic E-state index is -4.74. The summed E-state index contributed by atoms with van der Waals surface area (Å²) in [5.41, 5.74) is -0.0266. The van der Waals surface area contributed by atoms with Crippen LogP contribution in [0.4, 0.5) is 13.2 Å². The van der Waals surface area contributed by atoms with Crippen LogP contribution in [-0.4, -0.2) is 57.9 Å². The maximum atomic E-state index is 14.2. The summed E-state index contributed by atoms with van der Waals surface area (Å²) in [4.78, 5) is 16.2. The first-order valence-corrected chi connectivity index (χ1v) is 15.3. The molecule has 4 rings (SSSR count). The molecule has 2 atom stereocenters. The van der Waals surface area contributed by atoms with E-state index in [4.69, 9.17) is 9.47 Å². The summed E-state index contributed by atoms with van der Waals surface area (Å²) in [7, 11) is -4.24. The number of carbonyl (C=O) groups is 1. The number of benzene rings is 1. The number of nitrogens with zero attached hydrogens (tertiary/aromatic N) is 5. The molecular weight excluding hydrogens is 575 g/mol. The molecule has 0 saturated carbocycles. The van der Waals surface area contributed by atoms with E-state index < -0.39 is 46.3 Å². The van der Waals surface area contributed by atoms with E-state index in [0.717, 1.165) is 16.6 Å². The molecule has 1 aromatic carbocycles. The fourth-order valence-corrected chi connectivity index (χ4v) is 6.42. The lowest BCUT2D eigenvalue weighted by Crippen LogP contribution is -2.37. The summed E-state index contributed by atoms with van der Waals surface area (Å²) in [5.74, 6) is -0.879. The van der Waals surface area contributed by atoms with E-state index in [9.17, 15) is 26.4 Å². The van der Waals surface area contributed by atoms with E-state index in [-0.39, 0.29) is 35.8 Å². The van der Waals surface area contributed by atoms with Crippen molar-refractivity contribution in [1.82, 2.24) is 24.3 Å². The van der Waals surface area contributed by atoms with Gasteiger partial charge in [-0.1, -0.05) is 24.3 Å². The second-order valence-corrected chi connectivity index (χ2v) is 11.9. The lowest BCUT2D eigenvalue weighted by atomic mass is 9.88. The molecule has 0 spiro atoms. The normalized spacial score (nSPS) is 17.6. The third kappa shape index (κ3) is 7.27. The molecule has 0 saturated heterocycles. The van der Waals surface area contributed by atoms with Crippen molar-refractivity contribution in [2.24, 2.45) is 0 Å². The molecule has 42 heavy (non-hydrogen) atoms. The van der Waals surface area contributed by atoms with Crippen molar-refractivity contribution in [3.63, 3.8) is 0 Å². The van der Waals surface area contributed by atoms with Crippen LogP contribution in [0.1, 0.15) is 68.3 Å². The highest BCUT2D eigenvalue weighted by molar-refractivity contribution is 7.89. The van der Waals surface area contributed by atoms with Gasteiger partial charge in [0.25, 0.3) is 0 Å². The van der Waals surface area contributed by atoms with E-state index in [0.29, 0.717) is 37.1 Å². The average Bonchev–Trinajstić information content (AvgIpc) is 3.38. The van der Waals surface area contributed by atoms with Crippen LogP contribution in [-0.2, 0) is 45.2 Å². The first-order valence-electron chi connectivity index (χ1n) is 13.8. The van der Waals surface area contributed by atoms with Crippen LogP contribution in [0.15, 0.2) is 47.8 Å². The van der Waals surface area contributed by atoms with Crippen molar-refractivity contribution in [1.29, 1.82) is 0 Å². The summed E-state index contributed by atoms with van der Waals surface area (Å²) in [6.45, 7) is 5.51. The monoisotopic (exact) mass is 609 g/mol. The predicted molar refractivity (Wildman–Crippen MR) is 146 cm³/mol. The molecule has 2 aromatic heterocycles. The van der Waals surface area contributed by atoms with Gasteiger partial charge in [-0.2, -0.15) is 17.5 Å². The Morgan fingerprint density at radius 2 is 2.00 bits per heavy atom. The van der Waals surface area contributed by atoms with Crippen LogP contribution in [0, 0.1) is 0 Å². The SMILES string of the molecule is CCOC(=O)CC(CCc1cn(CC)nn1)c1ccc(C(F)(F)F)c(CN2CC(CC)Oc3ccncc3S2(=O)=O)c1. The first kappa shape index (κ1) is 31.4. The molecule has 2 unspecified atom stereocenters. The van der Waals surface area contributed by atoms with E-state index in [2.05, 4.69) is 15.3 Å². The van der Waals surface area contributed by atoms with Gasteiger partial charge in [-0.15, -0.1) is 5.10 Å². The standard InChI is InChI=1S/C28H34F3N5O5S/c1-4-23-18-36(42(38,39)26-15-32-12-11-25(26)41-23)16-21-13-19(8-10-24(21)28(29,30)31)20(14-27(37)40-6-3)7-9-22-17-35(5-2)34-33-22/h8,10-13,15,17,20,23H,4-7,9,14,16,18H2,1-3H3. The Kier molecular flexibility index (Phi) is 9.87. The average molecular weight is 610 g/mol. The summed E-state index contributed by atoms with van der Waals surface area (Å²) in [5, 5.41) is 8.14. The molecule has 0 fully saturated rings. The van der Waals surface area contributed by atoms with Crippen LogP contribution in [0.3, 0.4) is 0 Å². The Hall–Kier alpha value is -3.52. The highest BCUT2D eigenvalue weighted by atomic mass is 32.2. The largest absolute Gasteiger partial charge is 0.488 e. The van der Waals surface area contributed by atoms with E-state index in [1.807, 2.05) is 13.8 Å². The highest BCUT2D eigenvalue weighted by Crippen LogP contribution is 2.38. The maximum absolute atomic E-state index is 14.2. The number of esters is 1. The zero-order chi connectivity index (χ0) is 30.5. The van der Waals surface area contributed by atoms with Gasteiger partial charge < -0.3 is 9.47 Å². The molecule has 1 aliphatic rings. The zero-order valence-corrected chi connectivity index (χ0v) is 24.5. The number of halogens is 3. The first-order chi connectivity index (χ1) is 20.0. The van der Waals surface area contributed by atoms with Crippen LogP contribution < -0.4 is 4.74 Å². The second kappa shape index (κ2) is 13.2.